The fraction of sp³-hybridized carbons (Fsp3) is 0.160. The second-order valence-corrected chi connectivity index (χ2v) is 7.54. The molecule has 0 saturated carbocycles. The highest BCUT2D eigenvalue weighted by Gasteiger charge is 2.10. The first-order valence-electron chi connectivity index (χ1n) is 10.2. The second kappa shape index (κ2) is 9.26. The molecular formula is C25H25N5O. The van der Waals surface area contributed by atoms with Crippen molar-refractivity contribution in [3.8, 4) is 0 Å². The van der Waals surface area contributed by atoms with E-state index in [1.54, 1.807) is 18.3 Å². The van der Waals surface area contributed by atoms with Gasteiger partial charge in [0, 0.05) is 41.7 Å². The number of nitrogens with zero attached hydrogens (tertiary/aromatic N) is 2. The number of aryl methyl sites for hydroxylation is 2. The number of aromatic amines is 1. The van der Waals surface area contributed by atoms with Gasteiger partial charge in [0.25, 0.3) is 5.91 Å². The van der Waals surface area contributed by atoms with Crippen LogP contribution in [0, 0.1) is 13.8 Å². The Morgan fingerprint density at radius 1 is 1.06 bits per heavy atom. The van der Waals surface area contributed by atoms with Crippen molar-refractivity contribution in [3.05, 3.63) is 95.4 Å². The molecule has 0 atom stereocenters. The van der Waals surface area contributed by atoms with Gasteiger partial charge >= 0.3 is 0 Å². The molecule has 6 heteroatoms. The van der Waals surface area contributed by atoms with Gasteiger partial charge < -0.3 is 10.3 Å². The number of hydrogen-bond donors (Lipinski definition) is 3. The summed E-state index contributed by atoms with van der Waals surface area (Å²) in [5, 5.41) is 7.35. The Bertz CT molecular complexity index is 1210. The molecule has 0 radical (unpaired) electrons. The van der Waals surface area contributed by atoms with Crippen molar-refractivity contribution >= 4 is 28.5 Å². The Balaban J connectivity index is 1.53. The molecule has 0 spiro atoms. The van der Waals surface area contributed by atoms with Crippen molar-refractivity contribution in [2.45, 2.75) is 20.3 Å². The number of amides is 1. The van der Waals surface area contributed by atoms with Crippen LogP contribution in [0.5, 0.6) is 0 Å². The van der Waals surface area contributed by atoms with Crippen molar-refractivity contribution in [3.63, 3.8) is 0 Å². The molecule has 0 saturated heterocycles. The molecule has 0 fully saturated rings. The summed E-state index contributed by atoms with van der Waals surface area (Å²) < 4.78 is 0. The van der Waals surface area contributed by atoms with Gasteiger partial charge in [0.2, 0.25) is 5.96 Å². The van der Waals surface area contributed by atoms with E-state index < -0.39 is 0 Å². The van der Waals surface area contributed by atoms with Gasteiger partial charge in [-0.1, -0.05) is 24.3 Å². The predicted octanol–water partition coefficient (Wildman–Crippen LogP) is 4.62. The fourth-order valence-corrected chi connectivity index (χ4v) is 3.60. The summed E-state index contributed by atoms with van der Waals surface area (Å²) in [6.45, 7) is 4.61. The molecule has 4 aromatic rings. The monoisotopic (exact) mass is 411 g/mol. The molecule has 0 unspecified atom stereocenters. The molecule has 0 bridgehead atoms. The van der Waals surface area contributed by atoms with Gasteiger partial charge in [-0.05, 0) is 67.3 Å². The highest BCUT2D eigenvalue weighted by Crippen LogP contribution is 2.18. The Hall–Kier alpha value is -3.93. The third-order valence-corrected chi connectivity index (χ3v) is 4.97. The average Bonchev–Trinajstić information content (AvgIpc) is 3.17. The lowest BCUT2D eigenvalue weighted by atomic mass is 10.1. The maximum atomic E-state index is 12.7. The van der Waals surface area contributed by atoms with Gasteiger partial charge in [-0.15, -0.1) is 0 Å². The topological polar surface area (TPSA) is 82.2 Å². The number of aromatic nitrogens is 2. The van der Waals surface area contributed by atoms with Crippen LogP contribution in [0.4, 0.5) is 5.69 Å². The largest absolute Gasteiger partial charge is 0.361 e. The van der Waals surface area contributed by atoms with E-state index in [1.807, 2.05) is 44.3 Å². The Morgan fingerprint density at radius 3 is 2.65 bits per heavy atom. The lowest BCUT2D eigenvalue weighted by molar-refractivity contribution is 0.0976. The number of fused-ring (bicyclic) bond motifs is 1. The van der Waals surface area contributed by atoms with Crippen LogP contribution in [0.2, 0.25) is 0 Å². The van der Waals surface area contributed by atoms with Crippen LogP contribution in [0.3, 0.4) is 0 Å². The summed E-state index contributed by atoms with van der Waals surface area (Å²) in [5.74, 6) is 0.162. The SMILES string of the molecule is Cc1cc(C)cc(NC(=NCCc2c[nH]c3ccccc23)NC(=O)c2cccnc2)c1. The summed E-state index contributed by atoms with van der Waals surface area (Å²) in [5.41, 5.74) is 5.95. The number of anilines is 1. The average molecular weight is 412 g/mol. The zero-order valence-corrected chi connectivity index (χ0v) is 17.6. The minimum absolute atomic E-state index is 0.254. The molecule has 2 aromatic heterocycles. The molecule has 0 aliphatic rings. The smallest absolute Gasteiger partial charge is 0.259 e. The highest BCUT2D eigenvalue weighted by atomic mass is 16.1. The molecule has 1 amide bonds. The van der Waals surface area contributed by atoms with Crippen LogP contribution in [0.25, 0.3) is 10.9 Å². The number of hydrogen-bond acceptors (Lipinski definition) is 3. The van der Waals surface area contributed by atoms with Crippen molar-refractivity contribution in [2.24, 2.45) is 4.99 Å². The maximum Gasteiger partial charge on any atom is 0.259 e. The van der Waals surface area contributed by atoms with Crippen LogP contribution in [-0.2, 0) is 6.42 Å². The molecule has 31 heavy (non-hydrogen) atoms. The zero-order chi connectivity index (χ0) is 21.6. The first-order chi connectivity index (χ1) is 15.1. The van der Waals surface area contributed by atoms with Crippen molar-refractivity contribution < 1.29 is 4.79 Å². The lowest BCUT2D eigenvalue weighted by Crippen LogP contribution is -2.36. The van der Waals surface area contributed by atoms with E-state index >= 15 is 0 Å². The van der Waals surface area contributed by atoms with Gasteiger partial charge in [0.1, 0.15) is 0 Å². The molecule has 0 aliphatic carbocycles. The number of para-hydroxylation sites is 1. The van der Waals surface area contributed by atoms with Crippen molar-refractivity contribution in [1.29, 1.82) is 0 Å². The number of carbonyl (C=O) groups is 1. The first-order valence-corrected chi connectivity index (χ1v) is 10.2. The number of rotatable bonds is 5. The molecule has 2 heterocycles. The lowest BCUT2D eigenvalue weighted by Gasteiger charge is -2.13. The minimum Gasteiger partial charge on any atom is -0.361 e. The summed E-state index contributed by atoms with van der Waals surface area (Å²) in [7, 11) is 0. The van der Waals surface area contributed by atoms with Crippen molar-refractivity contribution in [1.82, 2.24) is 15.3 Å². The Kier molecular flexibility index (Phi) is 6.08. The van der Waals surface area contributed by atoms with E-state index in [4.69, 9.17) is 0 Å². The number of benzene rings is 2. The first kappa shape index (κ1) is 20.3. The van der Waals surface area contributed by atoms with Crippen LogP contribution >= 0.6 is 0 Å². The number of carbonyl (C=O) groups excluding carboxylic acids is 1. The van der Waals surface area contributed by atoms with E-state index in [2.05, 4.69) is 43.8 Å². The highest BCUT2D eigenvalue weighted by molar-refractivity contribution is 6.09. The second-order valence-electron chi connectivity index (χ2n) is 7.54. The normalized spacial score (nSPS) is 11.5. The zero-order valence-electron chi connectivity index (χ0n) is 17.6. The number of aliphatic imine (C=N–C) groups is 1. The molecule has 4 rings (SSSR count). The Labute approximate surface area is 181 Å². The third kappa shape index (κ3) is 5.17. The number of pyridine rings is 1. The van der Waals surface area contributed by atoms with Crippen molar-refractivity contribution in [2.75, 3.05) is 11.9 Å². The fourth-order valence-electron chi connectivity index (χ4n) is 3.60. The van der Waals surface area contributed by atoms with E-state index in [0.717, 1.165) is 28.8 Å². The number of nitrogens with one attached hydrogen (secondary N) is 3. The van der Waals surface area contributed by atoms with Gasteiger partial charge in [-0.3, -0.25) is 20.1 Å². The molecule has 3 N–H and O–H groups in total. The standard InChI is InChI=1S/C25H25N5O/c1-17-12-18(2)14-21(13-17)29-25(30-24(31)20-6-5-10-26-15-20)27-11-9-19-16-28-23-8-4-3-7-22(19)23/h3-8,10,12-16,28H,9,11H2,1-2H3,(H2,27,29,30,31). The summed E-state index contributed by atoms with van der Waals surface area (Å²) >= 11 is 0. The van der Waals surface area contributed by atoms with E-state index in [9.17, 15) is 4.79 Å². The van der Waals surface area contributed by atoms with E-state index in [1.165, 1.54) is 17.1 Å². The quantitative estimate of drug-likeness (QED) is 0.331. The van der Waals surface area contributed by atoms with Crippen LogP contribution in [0.1, 0.15) is 27.0 Å². The predicted molar refractivity (Wildman–Crippen MR) is 126 cm³/mol. The van der Waals surface area contributed by atoms with E-state index in [0.29, 0.717) is 18.1 Å². The van der Waals surface area contributed by atoms with Gasteiger partial charge in [0.15, 0.2) is 0 Å². The molecular weight excluding hydrogens is 386 g/mol. The van der Waals surface area contributed by atoms with Gasteiger partial charge in [0.05, 0.1) is 5.56 Å². The summed E-state index contributed by atoms with van der Waals surface area (Å²) in [4.78, 5) is 24.6. The molecule has 2 aromatic carbocycles. The van der Waals surface area contributed by atoms with Crippen LogP contribution in [0.15, 0.2) is 78.2 Å². The summed E-state index contributed by atoms with van der Waals surface area (Å²) in [6.07, 6.45) is 5.95. The van der Waals surface area contributed by atoms with Gasteiger partial charge in [-0.2, -0.15) is 0 Å². The Morgan fingerprint density at radius 2 is 1.87 bits per heavy atom. The van der Waals surface area contributed by atoms with Gasteiger partial charge in [-0.25, -0.2) is 0 Å². The third-order valence-electron chi connectivity index (χ3n) is 4.97. The summed E-state index contributed by atoms with van der Waals surface area (Å²) in [6, 6.07) is 17.8. The van der Waals surface area contributed by atoms with Crippen LogP contribution < -0.4 is 10.6 Å². The molecule has 156 valence electrons. The number of guanidine groups is 1. The molecule has 0 aliphatic heterocycles. The van der Waals surface area contributed by atoms with E-state index in [-0.39, 0.29) is 5.91 Å². The minimum atomic E-state index is -0.254. The molecule has 6 nitrogen and oxygen atoms in total. The van der Waals surface area contributed by atoms with Crippen LogP contribution in [-0.4, -0.2) is 28.4 Å². The maximum absolute atomic E-state index is 12.7. The number of H-pyrrole nitrogens is 1.